The summed E-state index contributed by atoms with van der Waals surface area (Å²) in [6.45, 7) is 15.3. The zero-order chi connectivity index (χ0) is 70.4. The van der Waals surface area contributed by atoms with Crippen molar-refractivity contribution in [1.29, 1.82) is 5.26 Å². The Hall–Kier alpha value is -6.45. The van der Waals surface area contributed by atoms with Crippen LogP contribution < -0.4 is 20.1 Å². The van der Waals surface area contributed by atoms with Gasteiger partial charge in [-0.15, -0.1) is 10.2 Å². The molecule has 1 heterocycles. The number of esters is 4. The number of carbonyl (C=O) groups is 4. The van der Waals surface area contributed by atoms with Crippen LogP contribution in [0.1, 0.15) is 239 Å². The smallest absolute Gasteiger partial charge is 0.306 e. The van der Waals surface area contributed by atoms with Gasteiger partial charge in [0.15, 0.2) is 15.7 Å². The molecule has 0 amide bonds. The zero-order valence-corrected chi connectivity index (χ0v) is 60.3. The lowest BCUT2D eigenvalue weighted by atomic mass is 10.0. The molecule has 540 valence electrons. The number of aliphatic hydroxyl groups excluding tert-OH is 2. The first kappa shape index (κ1) is 83.8. The first-order chi connectivity index (χ1) is 46.4. The van der Waals surface area contributed by atoms with Gasteiger partial charge in [-0.25, -0.2) is 13.4 Å². The molecule has 0 radical (unpaired) electrons. The van der Waals surface area contributed by atoms with E-state index in [0.29, 0.717) is 94.8 Å². The van der Waals surface area contributed by atoms with E-state index in [-0.39, 0.29) is 157 Å². The molecule has 4 N–H and O–H groups in total. The number of nitrogens with one attached hydrogen (secondary N) is 2. The molecule has 5 atom stereocenters. The van der Waals surface area contributed by atoms with Crippen molar-refractivity contribution < 1.29 is 71.0 Å². The lowest BCUT2D eigenvalue weighted by Crippen LogP contribution is -2.39. The highest BCUT2D eigenvalue weighted by Gasteiger charge is 2.27. The van der Waals surface area contributed by atoms with E-state index in [9.17, 15) is 43.1 Å². The van der Waals surface area contributed by atoms with Crippen LogP contribution in [-0.4, -0.2) is 149 Å². The molecule has 2 aromatic carbocycles. The Morgan fingerprint density at radius 3 is 1.64 bits per heavy atom. The third kappa shape index (κ3) is 34.2. The number of pyridine rings is 1. The van der Waals surface area contributed by atoms with E-state index in [4.69, 9.17) is 38.1 Å². The number of benzene rings is 2. The van der Waals surface area contributed by atoms with Crippen molar-refractivity contribution in [2.75, 3.05) is 76.7 Å². The first-order valence-electron chi connectivity index (χ1n) is 35.7. The topological polar surface area (TPSA) is 296 Å². The van der Waals surface area contributed by atoms with Gasteiger partial charge in [0.05, 0.1) is 51.0 Å². The van der Waals surface area contributed by atoms with Crippen molar-refractivity contribution in [3.63, 3.8) is 0 Å². The number of para-hydroxylation sites is 1. The Morgan fingerprint density at radius 1 is 0.615 bits per heavy atom. The van der Waals surface area contributed by atoms with E-state index >= 15 is 0 Å². The van der Waals surface area contributed by atoms with E-state index in [1.807, 2.05) is 49.1 Å². The predicted octanol–water partition coefficient (Wildman–Crippen LogP) is 15.4. The van der Waals surface area contributed by atoms with Crippen LogP contribution in [0.5, 0.6) is 11.5 Å². The number of azo groups is 1. The summed E-state index contributed by atoms with van der Waals surface area (Å²) in [5.74, 6) is -0.758. The number of carbonyl (C=O) groups excluding carboxylic acids is 4. The molecule has 0 saturated carbocycles. The van der Waals surface area contributed by atoms with Crippen LogP contribution in [0, 0.1) is 18.3 Å². The average molecular weight is 1360 g/mol. The fraction of sp³-hybridized carbons (Fsp3) is 0.699. The van der Waals surface area contributed by atoms with Crippen LogP contribution in [0.15, 0.2) is 57.6 Å². The molecule has 0 fully saturated rings. The molecule has 5 unspecified atom stereocenters. The number of sulfone groups is 1. The summed E-state index contributed by atoms with van der Waals surface area (Å²) in [5.41, 5.74) is 1.69. The number of unbranched alkanes of at least 4 members (excludes halogenated alkanes) is 8. The number of nitriles is 1. The number of methoxy groups -OCH3 is 2. The van der Waals surface area contributed by atoms with Crippen LogP contribution in [0.2, 0.25) is 0 Å². The minimum Gasteiger partial charge on any atom is -0.495 e. The number of hydrogen-bond acceptors (Lipinski definition) is 22. The third-order valence-corrected chi connectivity index (χ3v) is 18.7. The maximum Gasteiger partial charge on any atom is 0.306 e. The van der Waals surface area contributed by atoms with Gasteiger partial charge in [-0.2, -0.15) is 5.26 Å². The van der Waals surface area contributed by atoms with Gasteiger partial charge in [0.2, 0.25) is 0 Å². The second-order valence-electron chi connectivity index (χ2n) is 24.8. The van der Waals surface area contributed by atoms with Crippen molar-refractivity contribution in [3.05, 3.63) is 53.6 Å². The maximum atomic E-state index is 14.2. The van der Waals surface area contributed by atoms with Crippen molar-refractivity contribution in [2.45, 2.75) is 270 Å². The van der Waals surface area contributed by atoms with Crippen LogP contribution in [0.3, 0.4) is 0 Å². The Kier molecular flexibility index (Phi) is 43.6. The molecule has 0 aliphatic rings. The third-order valence-electron chi connectivity index (χ3n) is 16.9. The van der Waals surface area contributed by atoms with E-state index in [1.165, 1.54) is 26.4 Å². The Labute approximate surface area is 574 Å². The van der Waals surface area contributed by atoms with E-state index in [2.05, 4.69) is 54.6 Å². The molecule has 0 aliphatic heterocycles. The zero-order valence-electron chi connectivity index (χ0n) is 59.4. The fourth-order valence-corrected chi connectivity index (χ4v) is 12.3. The second kappa shape index (κ2) is 50.0. The number of aromatic nitrogens is 1. The van der Waals surface area contributed by atoms with Gasteiger partial charge in [0, 0.05) is 74.7 Å². The SMILES string of the molecule is CCCCC(O)CCCCC(=O)OC(CCCC)CCCCC(=O)OCCOCCNc1nc(Nc2ccccc2)c(N=Nc2cc(OC)c(S(=O)(=O)CCN(CCOC(=O)CCCCC(CCCC)OC(=O)CCCCC(O)CCCC)C(C)CC)cc2OC)c(C)c1C#N. The Bertz CT molecular complexity index is 2880. The largest absolute Gasteiger partial charge is 0.495 e. The van der Waals surface area contributed by atoms with Crippen LogP contribution in [0.25, 0.3) is 0 Å². The van der Waals surface area contributed by atoms with Crippen LogP contribution in [-0.2, 0) is 52.7 Å². The van der Waals surface area contributed by atoms with E-state index in [0.717, 1.165) is 96.3 Å². The molecule has 3 rings (SSSR count). The molecule has 3 aromatic rings. The maximum absolute atomic E-state index is 14.2. The summed E-state index contributed by atoms with van der Waals surface area (Å²) >= 11 is 0. The molecule has 0 aliphatic carbocycles. The average Bonchev–Trinajstić information content (AvgIpc) is 0.797. The second-order valence-corrected chi connectivity index (χ2v) is 26.9. The summed E-state index contributed by atoms with van der Waals surface area (Å²) in [6.07, 6.45) is 20.1. The van der Waals surface area contributed by atoms with E-state index in [1.54, 1.807) is 6.92 Å². The molecule has 0 bridgehead atoms. The van der Waals surface area contributed by atoms with Crippen molar-refractivity contribution in [3.8, 4) is 17.6 Å². The molecular weight excluding hydrogens is 1250 g/mol. The van der Waals surface area contributed by atoms with Gasteiger partial charge in [-0.05, 0) is 122 Å². The van der Waals surface area contributed by atoms with Gasteiger partial charge < -0.3 is 54.0 Å². The molecule has 0 saturated heterocycles. The summed E-state index contributed by atoms with van der Waals surface area (Å²) in [4.78, 5) is 57.4. The molecule has 23 heteroatoms. The molecule has 0 spiro atoms. The summed E-state index contributed by atoms with van der Waals surface area (Å²) < 4.78 is 68.4. The van der Waals surface area contributed by atoms with Gasteiger partial charge >= 0.3 is 23.9 Å². The molecule has 22 nitrogen and oxygen atoms in total. The first-order valence-corrected chi connectivity index (χ1v) is 37.3. The van der Waals surface area contributed by atoms with Crippen molar-refractivity contribution in [2.24, 2.45) is 10.2 Å². The minimum atomic E-state index is -4.02. The molecular formula is C73H117N7O15S. The van der Waals surface area contributed by atoms with Crippen molar-refractivity contribution in [1.82, 2.24) is 9.88 Å². The molecule has 1 aromatic heterocycles. The number of anilines is 3. The van der Waals surface area contributed by atoms with Gasteiger partial charge in [-0.1, -0.05) is 117 Å². The Morgan fingerprint density at radius 2 is 1.11 bits per heavy atom. The standard InChI is InChI=1S/C73H117N7O15S/c1-10-15-32-58(81)34-22-26-42-69(85)94-60(36-17-12-3)38-24-28-40-67(83)92-48-45-80(55(6)14-5)46-51-96(87,88)66-53-64(89-8)63(52-65(66)90-9)78-79-71-56(7)62(54-74)72(77-73(71)76-57-30-20-19-21-31-57)75-44-47-91-49-50-93-68(84)41-29-25-39-61(37-18-13-4)95-70(86)43-27-23-35-59(82)33-16-11-2/h19-21,30-31,52-53,55,58-61,81-82H,10-18,22-29,32-51H2,1-9H3,(H2,75,76,77). The van der Waals surface area contributed by atoms with Crippen LogP contribution in [0.4, 0.5) is 28.7 Å². The minimum absolute atomic E-state index is 0.0150. The van der Waals surface area contributed by atoms with Gasteiger partial charge in [0.1, 0.15) is 65.1 Å². The monoisotopic (exact) mass is 1360 g/mol. The predicted molar refractivity (Wildman–Crippen MR) is 375 cm³/mol. The highest BCUT2D eigenvalue weighted by atomic mass is 32.2. The number of ether oxygens (including phenoxy) is 7. The number of nitrogens with zero attached hydrogens (tertiary/aromatic N) is 5. The lowest BCUT2D eigenvalue weighted by molar-refractivity contribution is -0.151. The summed E-state index contributed by atoms with van der Waals surface area (Å²) in [5, 5.41) is 46.3. The number of aliphatic hydroxyl groups is 2. The fourth-order valence-electron chi connectivity index (χ4n) is 10.9. The summed E-state index contributed by atoms with van der Waals surface area (Å²) in [6, 6.07) is 14.3. The number of hydrogen-bond donors (Lipinski definition) is 4. The highest BCUT2D eigenvalue weighted by molar-refractivity contribution is 7.91. The molecule has 96 heavy (non-hydrogen) atoms. The number of rotatable bonds is 56. The van der Waals surface area contributed by atoms with Gasteiger partial charge in [0.25, 0.3) is 0 Å². The van der Waals surface area contributed by atoms with Gasteiger partial charge in [-0.3, -0.25) is 24.1 Å². The highest BCUT2D eigenvalue weighted by Crippen LogP contribution is 2.41. The quantitative estimate of drug-likeness (QED) is 0.0177. The summed E-state index contributed by atoms with van der Waals surface area (Å²) in [7, 11) is -1.27. The normalized spacial score (nSPS) is 13.2. The van der Waals surface area contributed by atoms with Crippen LogP contribution >= 0.6 is 0 Å². The lowest BCUT2D eigenvalue weighted by Gasteiger charge is -2.28. The Balaban J connectivity index is 1.58. The van der Waals surface area contributed by atoms with E-state index < -0.39 is 9.84 Å². The van der Waals surface area contributed by atoms with Crippen molar-refractivity contribution >= 4 is 62.4 Å².